The lowest BCUT2D eigenvalue weighted by atomic mass is 9.81. The van der Waals surface area contributed by atoms with Gasteiger partial charge in [-0.25, -0.2) is 13.1 Å². The number of nitrogens with two attached hydrogens (primary N) is 1. The largest absolute Gasteiger partial charge is 0.398 e. The average Bonchev–Trinajstić information content (AvgIpc) is 2.37. The van der Waals surface area contributed by atoms with E-state index in [1.807, 2.05) is 0 Å². The van der Waals surface area contributed by atoms with Gasteiger partial charge in [-0.2, -0.15) is 0 Å². The van der Waals surface area contributed by atoms with Gasteiger partial charge in [-0.15, -0.1) is 0 Å². The average molecular weight is 296 g/mol. The van der Waals surface area contributed by atoms with Crippen molar-refractivity contribution in [1.29, 1.82) is 0 Å². The Bertz CT molecular complexity index is 549. The van der Waals surface area contributed by atoms with Crippen LogP contribution in [0.15, 0.2) is 23.1 Å². The number of nitrogens with one attached hydrogen (secondary N) is 1. The summed E-state index contributed by atoms with van der Waals surface area (Å²) in [6.45, 7) is 4.49. The van der Waals surface area contributed by atoms with Crippen LogP contribution in [0.5, 0.6) is 0 Å². The summed E-state index contributed by atoms with van der Waals surface area (Å²) >= 11 is 0. The second kappa shape index (κ2) is 6.14. The molecule has 0 heterocycles. The number of benzene rings is 1. The maximum Gasteiger partial charge on any atom is 0.242 e. The van der Waals surface area contributed by atoms with Crippen molar-refractivity contribution in [3.63, 3.8) is 0 Å². The highest BCUT2D eigenvalue weighted by molar-refractivity contribution is 7.89. The van der Waals surface area contributed by atoms with Crippen LogP contribution < -0.4 is 10.5 Å². The van der Waals surface area contributed by atoms with E-state index in [0.717, 1.165) is 6.42 Å². The van der Waals surface area contributed by atoms with Gasteiger partial charge in [-0.1, -0.05) is 38.3 Å². The molecule has 0 amide bonds. The lowest BCUT2D eigenvalue weighted by molar-refractivity contribution is 0.257. The molecule has 1 aromatic rings. The first kappa shape index (κ1) is 15.3. The van der Waals surface area contributed by atoms with Gasteiger partial charge in [0.1, 0.15) is 4.90 Å². The van der Waals surface area contributed by atoms with Gasteiger partial charge in [0.05, 0.1) is 5.69 Å². The van der Waals surface area contributed by atoms with Crippen molar-refractivity contribution in [1.82, 2.24) is 4.72 Å². The van der Waals surface area contributed by atoms with Crippen molar-refractivity contribution in [3.8, 4) is 0 Å². The van der Waals surface area contributed by atoms with Crippen molar-refractivity contribution in [3.05, 3.63) is 23.8 Å². The molecule has 1 aromatic carbocycles. The first-order valence-corrected chi connectivity index (χ1v) is 8.75. The number of rotatable bonds is 4. The third kappa shape index (κ3) is 3.33. The van der Waals surface area contributed by atoms with Crippen LogP contribution in [0.25, 0.3) is 0 Å². The molecule has 1 aliphatic rings. The van der Waals surface area contributed by atoms with Crippen LogP contribution in [0.1, 0.15) is 38.2 Å². The summed E-state index contributed by atoms with van der Waals surface area (Å²) < 4.78 is 27.6. The van der Waals surface area contributed by atoms with Gasteiger partial charge in [0.2, 0.25) is 10.0 Å². The van der Waals surface area contributed by atoms with E-state index < -0.39 is 10.0 Å². The molecule has 2 unspecified atom stereocenters. The molecule has 1 aliphatic carbocycles. The van der Waals surface area contributed by atoms with E-state index in [2.05, 4.69) is 11.6 Å². The summed E-state index contributed by atoms with van der Waals surface area (Å²) in [6, 6.07) is 5.17. The normalized spacial score (nSPS) is 23.7. The fourth-order valence-corrected chi connectivity index (χ4v) is 4.48. The predicted molar refractivity (Wildman–Crippen MR) is 81.9 cm³/mol. The molecule has 0 saturated heterocycles. The maximum atomic E-state index is 12.4. The summed E-state index contributed by atoms with van der Waals surface area (Å²) in [7, 11) is -3.52. The molecule has 2 atom stereocenters. The number of anilines is 1. The summed E-state index contributed by atoms with van der Waals surface area (Å²) in [4.78, 5) is 0.225. The quantitative estimate of drug-likeness (QED) is 0.839. The monoisotopic (exact) mass is 296 g/mol. The summed E-state index contributed by atoms with van der Waals surface area (Å²) in [5.74, 6) is 1.02. The molecule has 0 bridgehead atoms. The molecule has 2 rings (SSSR count). The zero-order valence-electron chi connectivity index (χ0n) is 12.2. The predicted octanol–water partition coefficient (Wildman–Crippen LogP) is 2.68. The van der Waals surface area contributed by atoms with E-state index in [9.17, 15) is 8.42 Å². The molecule has 0 aromatic heterocycles. The molecule has 3 N–H and O–H groups in total. The molecule has 4 nitrogen and oxygen atoms in total. The van der Waals surface area contributed by atoms with E-state index in [1.54, 1.807) is 25.1 Å². The van der Waals surface area contributed by atoms with E-state index in [0.29, 0.717) is 29.6 Å². The lowest BCUT2D eigenvalue weighted by Gasteiger charge is -2.28. The fourth-order valence-electron chi connectivity index (χ4n) is 3.03. The van der Waals surface area contributed by atoms with Crippen molar-refractivity contribution < 1.29 is 8.42 Å². The highest BCUT2D eigenvalue weighted by Crippen LogP contribution is 2.29. The summed E-state index contributed by atoms with van der Waals surface area (Å²) in [6.07, 6.45) is 4.75. The number of aryl methyl sites for hydroxylation is 1. The lowest BCUT2D eigenvalue weighted by Crippen LogP contribution is -2.34. The van der Waals surface area contributed by atoms with E-state index in [4.69, 9.17) is 5.73 Å². The number of sulfonamides is 1. The van der Waals surface area contributed by atoms with Gasteiger partial charge in [-0.05, 0) is 36.8 Å². The molecule has 112 valence electrons. The van der Waals surface area contributed by atoms with Gasteiger partial charge in [0, 0.05) is 6.54 Å². The Kier molecular flexibility index (Phi) is 4.70. The van der Waals surface area contributed by atoms with Crippen LogP contribution in [0.2, 0.25) is 0 Å². The van der Waals surface area contributed by atoms with Crippen molar-refractivity contribution in [2.45, 2.75) is 44.4 Å². The summed E-state index contributed by atoms with van der Waals surface area (Å²) in [5.41, 5.74) is 6.83. The SMILES string of the molecule is Cc1cccc(N)c1S(=O)(=O)NCC1CCCCC1C. The minimum absolute atomic E-state index is 0.225. The van der Waals surface area contributed by atoms with Crippen LogP contribution in [0, 0.1) is 18.8 Å². The van der Waals surface area contributed by atoms with Crippen LogP contribution in [0.4, 0.5) is 5.69 Å². The minimum atomic E-state index is -3.52. The Morgan fingerprint density at radius 1 is 1.30 bits per heavy atom. The molecule has 1 saturated carbocycles. The molecule has 0 aliphatic heterocycles. The van der Waals surface area contributed by atoms with Crippen molar-refractivity contribution in [2.75, 3.05) is 12.3 Å². The third-order valence-electron chi connectivity index (χ3n) is 4.34. The van der Waals surface area contributed by atoms with Gasteiger partial charge >= 0.3 is 0 Å². The zero-order chi connectivity index (χ0) is 14.8. The maximum absolute atomic E-state index is 12.4. The van der Waals surface area contributed by atoms with Gasteiger partial charge in [0.15, 0.2) is 0 Å². The second-order valence-corrected chi connectivity index (χ2v) is 7.57. The summed E-state index contributed by atoms with van der Waals surface area (Å²) in [5, 5.41) is 0. The number of hydrogen-bond acceptors (Lipinski definition) is 3. The van der Waals surface area contributed by atoms with Crippen LogP contribution in [0.3, 0.4) is 0 Å². The Balaban J connectivity index is 2.11. The first-order chi connectivity index (χ1) is 9.42. The molecule has 0 spiro atoms. The Morgan fingerprint density at radius 2 is 2.00 bits per heavy atom. The fraction of sp³-hybridized carbons (Fsp3) is 0.600. The Labute approximate surface area is 121 Å². The first-order valence-electron chi connectivity index (χ1n) is 7.26. The standard InChI is InChI=1S/C15H24N2O2S/c1-11-6-3-4-8-13(11)10-17-20(18,19)15-12(2)7-5-9-14(15)16/h5,7,9,11,13,17H,3-4,6,8,10,16H2,1-2H3. The Hall–Kier alpha value is -1.07. The molecular formula is C15H24N2O2S. The molecule has 20 heavy (non-hydrogen) atoms. The van der Waals surface area contributed by atoms with Crippen LogP contribution in [-0.4, -0.2) is 15.0 Å². The third-order valence-corrected chi connectivity index (χ3v) is 5.98. The van der Waals surface area contributed by atoms with E-state index >= 15 is 0 Å². The minimum Gasteiger partial charge on any atom is -0.398 e. The van der Waals surface area contributed by atoms with Crippen molar-refractivity contribution >= 4 is 15.7 Å². The van der Waals surface area contributed by atoms with Gasteiger partial charge in [-0.3, -0.25) is 0 Å². The topological polar surface area (TPSA) is 72.2 Å². The van der Waals surface area contributed by atoms with Gasteiger partial charge < -0.3 is 5.73 Å². The van der Waals surface area contributed by atoms with E-state index in [1.165, 1.54) is 19.3 Å². The number of nitrogen functional groups attached to an aromatic ring is 1. The molecule has 1 fully saturated rings. The smallest absolute Gasteiger partial charge is 0.242 e. The molecule has 0 radical (unpaired) electrons. The van der Waals surface area contributed by atoms with Crippen LogP contribution in [-0.2, 0) is 10.0 Å². The highest BCUT2D eigenvalue weighted by atomic mass is 32.2. The zero-order valence-corrected chi connectivity index (χ0v) is 13.0. The Morgan fingerprint density at radius 3 is 2.65 bits per heavy atom. The van der Waals surface area contributed by atoms with Gasteiger partial charge in [0.25, 0.3) is 0 Å². The second-order valence-electron chi connectivity index (χ2n) is 5.87. The van der Waals surface area contributed by atoms with E-state index in [-0.39, 0.29) is 4.90 Å². The van der Waals surface area contributed by atoms with Crippen LogP contribution >= 0.6 is 0 Å². The number of hydrogen-bond donors (Lipinski definition) is 2. The van der Waals surface area contributed by atoms with Crippen molar-refractivity contribution in [2.24, 2.45) is 11.8 Å². The molecular weight excluding hydrogens is 272 g/mol. The highest BCUT2D eigenvalue weighted by Gasteiger charge is 2.25. The molecule has 5 heteroatoms.